The average molecular weight is 194 g/mol. The minimum atomic E-state index is 0. The second-order valence-electron chi connectivity index (χ2n) is 2.54. The molecule has 0 saturated carbocycles. The maximum Gasteiger partial charge on any atom is 0.150 e. The van der Waals surface area contributed by atoms with E-state index in [2.05, 4.69) is 4.98 Å². The molecular formula is C10H8ClNO. The van der Waals surface area contributed by atoms with Gasteiger partial charge in [0.05, 0.1) is 5.52 Å². The summed E-state index contributed by atoms with van der Waals surface area (Å²) in [6.45, 7) is 0. The highest BCUT2D eigenvalue weighted by Gasteiger charge is 1.97. The summed E-state index contributed by atoms with van der Waals surface area (Å²) in [6, 6.07) is 9.31. The molecule has 1 heterocycles. The van der Waals surface area contributed by atoms with E-state index >= 15 is 0 Å². The smallest absolute Gasteiger partial charge is 0.150 e. The molecular weight excluding hydrogens is 186 g/mol. The predicted molar refractivity (Wildman–Crippen MR) is 54.4 cm³/mol. The Morgan fingerprint density at radius 3 is 2.69 bits per heavy atom. The lowest BCUT2D eigenvalue weighted by Crippen LogP contribution is -1.84. The summed E-state index contributed by atoms with van der Waals surface area (Å²) >= 11 is 0. The first-order chi connectivity index (χ1) is 5.92. The van der Waals surface area contributed by atoms with Crippen molar-refractivity contribution in [1.29, 1.82) is 0 Å². The molecule has 1 aromatic carbocycles. The third-order valence-corrected chi connectivity index (χ3v) is 1.81. The van der Waals surface area contributed by atoms with Gasteiger partial charge in [0, 0.05) is 17.1 Å². The lowest BCUT2D eigenvalue weighted by molar-refractivity contribution is 0.112. The molecule has 0 bridgehead atoms. The van der Waals surface area contributed by atoms with Crippen molar-refractivity contribution in [3.05, 3.63) is 42.1 Å². The van der Waals surface area contributed by atoms with E-state index in [9.17, 15) is 4.79 Å². The van der Waals surface area contributed by atoms with Gasteiger partial charge in [-0.15, -0.1) is 12.4 Å². The van der Waals surface area contributed by atoms with Crippen LogP contribution in [-0.2, 0) is 0 Å². The number of rotatable bonds is 1. The molecule has 0 aliphatic carbocycles. The molecule has 0 spiro atoms. The number of carbonyl (C=O) groups is 1. The largest absolute Gasteiger partial charge is 0.298 e. The molecule has 0 unspecified atom stereocenters. The maximum atomic E-state index is 10.6. The molecule has 0 atom stereocenters. The van der Waals surface area contributed by atoms with E-state index in [-0.39, 0.29) is 12.4 Å². The van der Waals surface area contributed by atoms with Crippen molar-refractivity contribution in [2.75, 3.05) is 0 Å². The molecule has 13 heavy (non-hydrogen) atoms. The van der Waals surface area contributed by atoms with Crippen molar-refractivity contribution >= 4 is 29.6 Å². The van der Waals surface area contributed by atoms with Crippen molar-refractivity contribution < 1.29 is 4.79 Å². The summed E-state index contributed by atoms with van der Waals surface area (Å²) in [4.78, 5) is 14.7. The summed E-state index contributed by atoms with van der Waals surface area (Å²) < 4.78 is 0. The van der Waals surface area contributed by atoms with Crippen LogP contribution < -0.4 is 0 Å². The highest BCUT2D eigenvalue weighted by Crippen LogP contribution is 2.13. The van der Waals surface area contributed by atoms with Crippen LogP contribution in [0.5, 0.6) is 0 Å². The Morgan fingerprint density at radius 2 is 1.92 bits per heavy atom. The Hall–Kier alpha value is -1.41. The van der Waals surface area contributed by atoms with Crippen LogP contribution in [0.3, 0.4) is 0 Å². The molecule has 0 N–H and O–H groups in total. The quantitative estimate of drug-likeness (QED) is 0.652. The molecule has 1 aromatic heterocycles. The predicted octanol–water partition coefficient (Wildman–Crippen LogP) is 2.47. The Labute approximate surface area is 82.0 Å². The lowest BCUT2D eigenvalue weighted by atomic mass is 10.1. The van der Waals surface area contributed by atoms with Gasteiger partial charge in [0.15, 0.2) is 6.29 Å². The SMILES string of the molecule is Cl.O=Cc1ccnc2ccccc12. The number of para-hydroxylation sites is 1. The van der Waals surface area contributed by atoms with Crippen LogP contribution in [0.15, 0.2) is 36.5 Å². The summed E-state index contributed by atoms with van der Waals surface area (Å²) in [5.41, 5.74) is 1.56. The van der Waals surface area contributed by atoms with Crippen LogP contribution in [-0.4, -0.2) is 11.3 Å². The van der Waals surface area contributed by atoms with Gasteiger partial charge in [-0.3, -0.25) is 9.78 Å². The Bertz CT molecular complexity index is 423. The molecule has 0 aliphatic heterocycles. The normalized spacial score (nSPS) is 9.23. The number of benzene rings is 1. The molecule has 0 aliphatic rings. The number of fused-ring (bicyclic) bond motifs is 1. The van der Waals surface area contributed by atoms with E-state index in [0.717, 1.165) is 17.2 Å². The molecule has 3 heteroatoms. The topological polar surface area (TPSA) is 30.0 Å². The zero-order valence-corrected chi connectivity index (χ0v) is 7.62. The molecule has 0 fully saturated rings. The van der Waals surface area contributed by atoms with Gasteiger partial charge >= 0.3 is 0 Å². The van der Waals surface area contributed by atoms with E-state index < -0.39 is 0 Å². The van der Waals surface area contributed by atoms with Crippen LogP contribution >= 0.6 is 12.4 Å². The monoisotopic (exact) mass is 193 g/mol. The second-order valence-corrected chi connectivity index (χ2v) is 2.54. The maximum absolute atomic E-state index is 10.6. The average Bonchev–Trinajstić information content (AvgIpc) is 2.17. The van der Waals surface area contributed by atoms with Gasteiger partial charge in [-0.05, 0) is 12.1 Å². The van der Waals surface area contributed by atoms with Gasteiger partial charge in [0.2, 0.25) is 0 Å². The summed E-state index contributed by atoms with van der Waals surface area (Å²) in [5, 5.41) is 0.912. The van der Waals surface area contributed by atoms with Gasteiger partial charge in [0.1, 0.15) is 0 Å². The van der Waals surface area contributed by atoms with Crippen molar-refractivity contribution in [3.8, 4) is 0 Å². The zero-order chi connectivity index (χ0) is 8.39. The Kier molecular flexibility index (Phi) is 2.98. The van der Waals surface area contributed by atoms with Crippen molar-refractivity contribution in [2.45, 2.75) is 0 Å². The van der Waals surface area contributed by atoms with Crippen LogP contribution in [0.4, 0.5) is 0 Å². The zero-order valence-electron chi connectivity index (χ0n) is 6.81. The molecule has 0 saturated heterocycles. The molecule has 2 rings (SSSR count). The highest BCUT2D eigenvalue weighted by atomic mass is 35.5. The van der Waals surface area contributed by atoms with Crippen molar-refractivity contribution in [3.63, 3.8) is 0 Å². The van der Waals surface area contributed by atoms with E-state index in [4.69, 9.17) is 0 Å². The van der Waals surface area contributed by atoms with E-state index in [1.807, 2.05) is 24.3 Å². The van der Waals surface area contributed by atoms with Gasteiger partial charge in [0.25, 0.3) is 0 Å². The lowest BCUT2D eigenvalue weighted by Gasteiger charge is -1.97. The molecule has 2 aromatic rings. The van der Waals surface area contributed by atoms with Gasteiger partial charge in [-0.1, -0.05) is 18.2 Å². The summed E-state index contributed by atoms with van der Waals surface area (Å²) in [5.74, 6) is 0. The Balaban J connectivity index is 0.000000845. The fourth-order valence-electron chi connectivity index (χ4n) is 1.22. The van der Waals surface area contributed by atoms with Crippen LogP contribution in [0, 0.1) is 0 Å². The third-order valence-electron chi connectivity index (χ3n) is 1.81. The second kappa shape index (κ2) is 4.01. The molecule has 0 amide bonds. The molecule has 0 radical (unpaired) electrons. The first kappa shape index (κ1) is 9.68. The minimum Gasteiger partial charge on any atom is -0.298 e. The van der Waals surface area contributed by atoms with Gasteiger partial charge in [-0.25, -0.2) is 0 Å². The van der Waals surface area contributed by atoms with Crippen LogP contribution in [0.25, 0.3) is 10.9 Å². The summed E-state index contributed by atoms with van der Waals surface area (Å²) in [7, 11) is 0. The van der Waals surface area contributed by atoms with Gasteiger partial charge < -0.3 is 0 Å². The Morgan fingerprint density at radius 1 is 1.15 bits per heavy atom. The fraction of sp³-hybridized carbons (Fsp3) is 0. The first-order valence-corrected chi connectivity index (χ1v) is 3.71. The van der Waals surface area contributed by atoms with E-state index in [0.29, 0.717) is 5.56 Å². The highest BCUT2D eigenvalue weighted by molar-refractivity contribution is 5.95. The number of hydrogen-bond acceptors (Lipinski definition) is 2. The third kappa shape index (κ3) is 1.68. The molecule has 66 valence electrons. The van der Waals surface area contributed by atoms with Gasteiger partial charge in [-0.2, -0.15) is 0 Å². The number of halogens is 1. The van der Waals surface area contributed by atoms with E-state index in [1.165, 1.54) is 0 Å². The minimum absolute atomic E-state index is 0. The number of pyridine rings is 1. The number of aromatic nitrogens is 1. The van der Waals surface area contributed by atoms with Crippen molar-refractivity contribution in [2.24, 2.45) is 0 Å². The standard InChI is InChI=1S/C10H7NO.ClH/c12-7-8-5-6-11-10-4-2-1-3-9(8)10;/h1-7H;1H. The number of nitrogens with zero attached hydrogens (tertiary/aromatic N) is 1. The first-order valence-electron chi connectivity index (χ1n) is 3.71. The van der Waals surface area contributed by atoms with Crippen LogP contribution in [0.2, 0.25) is 0 Å². The number of hydrogen-bond donors (Lipinski definition) is 0. The molecule has 2 nitrogen and oxygen atoms in total. The number of carbonyl (C=O) groups excluding carboxylic acids is 1. The summed E-state index contributed by atoms with van der Waals surface area (Å²) in [6.07, 6.45) is 2.50. The van der Waals surface area contributed by atoms with E-state index in [1.54, 1.807) is 12.3 Å². The van der Waals surface area contributed by atoms with Crippen molar-refractivity contribution in [1.82, 2.24) is 4.98 Å². The van der Waals surface area contributed by atoms with Crippen LogP contribution in [0.1, 0.15) is 10.4 Å². The number of aldehydes is 1. The fourth-order valence-corrected chi connectivity index (χ4v) is 1.22.